The fourth-order valence-corrected chi connectivity index (χ4v) is 2.04. The largest absolute Gasteiger partial charge is 0.393 e. The number of halogens is 1. The molecule has 0 bridgehead atoms. The molecule has 0 aliphatic heterocycles. The number of aromatic nitrogens is 1. The van der Waals surface area contributed by atoms with E-state index in [1.54, 1.807) is 0 Å². The van der Waals surface area contributed by atoms with E-state index in [-0.39, 0.29) is 6.10 Å². The van der Waals surface area contributed by atoms with Crippen molar-refractivity contribution in [1.82, 2.24) is 4.98 Å². The van der Waals surface area contributed by atoms with Gasteiger partial charge in [0.25, 0.3) is 0 Å². The summed E-state index contributed by atoms with van der Waals surface area (Å²) in [6, 6.07) is 8.32. The number of hydrogen-bond donors (Lipinski definition) is 2. The van der Waals surface area contributed by atoms with Crippen LogP contribution in [0.1, 0.15) is 19.0 Å². The number of H-pyrrole nitrogens is 1. The van der Waals surface area contributed by atoms with Crippen LogP contribution in [0.15, 0.2) is 28.7 Å². The van der Waals surface area contributed by atoms with Gasteiger partial charge < -0.3 is 10.1 Å². The van der Waals surface area contributed by atoms with Crippen LogP contribution in [0.25, 0.3) is 10.9 Å². The van der Waals surface area contributed by atoms with Crippen molar-refractivity contribution in [2.45, 2.75) is 25.9 Å². The van der Waals surface area contributed by atoms with E-state index >= 15 is 0 Å². The number of aliphatic hydroxyl groups is 1. The van der Waals surface area contributed by atoms with Crippen molar-refractivity contribution in [3.63, 3.8) is 0 Å². The van der Waals surface area contributed by atoms with Gasteiger partial charge in [0, 0.05) is 21.1 Å². The maximum absolute atomic E-state index is 9.21. The number of aryl methyl sites for hydroxylation is 1. The first-order chi connectivity index (χ1) is 7.15. The maximum Gasteiger partial charge on any atom is 0.0515 e. The van der Waals surface area contributed by atoms with E-state index in [4.69, 9.17) is 0 Å². The first-order valence-corrected chi connectivity index (χ1v) is 5.89. The molecule has 0 spiro atoms. The van der Waals surface area contributed by atoms with E-state index in [0.717, 1.165) is 22.8 Å². The molecular formula is C12H14BrNO. The molecule has 1 unspecified atom stereocenters. The molecule has 1 aromatic carbocycles. The Morgan fingerprint density at radius 3 is 2.93 bits per heavy atom. The minimum absolute atomic E-state index is 0.233. The Bertz CT molecular complexity index is 462. The summed E-state index contributed by atoms with van der Waals surface area (Å²) in [7, 11) is 0. The molecule has 1 heterocycles. The number of aliphatic hydroxyl groups excluding tert-OH is 1. The van der Waals surface area contributed by atoms with Gasteiger partial charge in [0.1, 0.15) is 0 Å². The highest BCUT2D eigenvalue weighted by Crippen LogP contribution is 2.21. The molecule has 2 rings (SSSR count). The van der Waals surface area contributed by atoms with Crippen molar-refractivity contribution in [3.05, 3.63) is 34.4 Å². The Morgan fingerprint density at radius 1 is 1.40 bits per heavy atom. The average Bonchev–Trinajstić information content (AvgIpc) is 2.56. The number of aromatic amines is 1. The van der Waals surface area contributed by atoms with Gasteiger partial charge in [-0.1, -0.05) is 15.9 Å². The molecule has 0 saturated heterocycles. The summed E-state index contributed by atoms with van der Waals surface area (Å²) in [5, 5.41) is 10.4. The van der Waals surface area contributed by atoms with E-state index in [1.165, 1.54) is 11.1 Å². The summed E-state index contributed by atoms with van der Waals surface area (Å²) in [6.45, 7) is 1.82. The smallest absolute Gasteiger partial charge is 0.0515 e. The second kappa shape index (κ2) is 4.37. The second-order valence-corrected chi connectivity index (χ2v) is 4.83. The van der Waals surface area contributed by atoms with Gasteiger partial charge in [-0.15, -0.1) is 0 Å². The molecule has 1 atom stereocenters. The van der Waals surface area contributed by atoms with E-state index in [9.17, 15) is 5.11 Å². The van der Waals surface area contributed by atoms with Crippen LogP contribution in [-0.2, 0) is 6.42 Å². The number of rotatable bonds is 3. The molecule has 0 saturated carbocycles. The molecule has 3 heteroatoms. The molecule has 0 aliphatic rings. The first kappa shape index (κ1) is 10.7. The van der Waals surface area contributed by atoms with Crippen molar-refractivity contribution >= 4 is 26.8 Å². The maximum atomic E-state index is 9.21. The SMILES string of the molecule is CC(O)CCc1cc2cc(Br)ccc2[nH]1. The Balaban J connectivity index is 2.23. The monoisotopic (exact) mass is 267 g/mol. The summed E-state index contributed by atoms with van der Waals surface area (Å²) in [5.74, 6) is 0. The van der Waals surface area contributed by atoms with Gasteiger partial charge >= 0.3 is 0 Å². The Labute approximate surface area is 97.4 Å². The Hall–Kier alpha value is -0.800. The zero-order valence-corrected chi connectivity index (χ0v) is 10.2. The lowest BCUT2D eigenvalue weighted by atomic mass is 10.1. The minimum Gasteiger partial charge on any atom is -0.393 e. The van der Waals surface area contributed by atoms with Crippen molar-refractivity contribution in [3.8, 4) is 0 Å². The Morgan fingerprint density at radius 2 is 2.20 bits per heavy atom. The molecule has 2 N–H and O–H groups in total. The lowest BCUT2D eigenvalue weighted by molar-refractivity contribution is 0.184. The van der Waals surface area contributed by atoms with Crippen LogP contribution in [0.4, 0.5) is 0 Å². The summed E-state index contributed by atoms with van der Waals surface area (Å²) < 4.78 is 1.09. The molecule has 1 aromatic heterocycles. The predicted molar refractivity (Wildman–Crippen MR) is 66.0 cm³/mol. The highest BCUT2D eigenvalue weighted by atomic mass is 79.9. The third kappa shape index (κ3) is 2.61. The van der Waals surface area contributed by atoms with Gasteiger partial charge in [0.2, 0.25) is 0 Å². The quantitative estimate of drug-likeness (QED) is 0.880. The summed E-state index contributed by atoms with van der Waals surface area (Å²) in [4.78, 5) is 3.35. The minimum atomic E-state index is -0.233. The number of fused-ring (bicyclic) bond motifs is 1. The summed E-state index contributed by atoms with van der Waals surface area (Å²) in [5.41, 5.74) is 2.34. The number of benzene rings is 1. The van der Waals surface area contributed by atoms with Crippen molar-refractivity contribution in [1.29, 1.82) is 0 Å². The van der Waals surface area contributed by atoms with Crippen molar-refractivity contribution in [2.75, 3.05) is 0 Å². The van der Waals surface area contributed by atoms with Crippen LogP contribution in [0.2, 0.25) is 0 Å². The molecular weight excluding hydrogens is 254 g/mol. The summed E-state index contributed by atoms with van der Waals surface area (Å²) >= 11 is 3.45. The highest BCUT2D eigenvalue weighted by Gasteiger charge is 2.02. The molecule has 0 radical (unpaired) electrons. The lowest BCUT2D eigenvalue weighted by Gasteiger charge is -2.00. The van der Waals surface area contributed by atoms with Gasteiger partial charge in [-0.2, -0.15) is 0 Å². The van der Waals surface area contributed by atoms with E-state index < -0.39 is 0 Å². The molecule has 80 valence electrons. The molecule has 0 amide bonds. The van der Waals surface area contributed by atoms with Crippen LogP contribution in [-0.4, -0.2) is 16.2 Å². The van der Waals surface area contributed by atoms with Gasteiger partial charge in [0.05, 0.1) is 6.10 Å². The van der Waals surface area contributed by atoms with Crippen LogP contribution in [0, 0.1) is 0 Å². The van der Waals surface area contributed by atoms with Gasteiger partial charge in [0.15, 0.2) is 0 Å². The van der Waals surface area contributed by atoms with Crippen molar-refractivity contribution in [2.24, 2.45) is 0 Å². The first-order valence-electron chi connectivity index (χ1n) is 5.10. The lowest BCUT2D eigenvalue weighted by Crippen LogP contribution is -2.01. The third-order valence-electron chi connectivity index (χ3n) is 2.47. The third-order valence-corrected chi connectivity index (χ3v) is 2.96. The fraction of sp³-hybridized carbons (Fsp3) is 0.333. The standard InChI is InChI=1S/C12H14BrNO/c1-8(15)2-4-11-7-9-6-10(13)3-5-12(9)14-11/h3,5-8,14-15H,2,4H2,1H3. The zero-order valence-electron chi connectivity index (χ0n) is 8.63. The summed E-state index contributed by atoms with van der Waals surface area (Å²) in [6.07, 6.45) is 1.46. The second-order valence-electron chi connectivity index (χ2n) is 3.91. The van der Waals surface area contributed by atoms with E-state index in [0.29, 0.717) is 0 Å². The predicted octanol–water partition coefficient (Wildman–Crippen LogP) is 3.24. The van der Waals surface area contributed by atoms with E-state index in [1.807, 2.05) is 13.0 Å². The molecule has 0 aliphatic carbocycles. The molecule has 0 fully saturated rings. The van der Waals surface area contributed by atoms with Crippen molar-refractivity contribution < 1.29 is 5.11 Å². The van der Waals surface area contributed by atoms with E-state index in [2.05, 4.69) is 39.1 Å². The van der Waals surface area contributed by atoms with Crippen LogP contribution in [0.5, 0.6) is 0 Å². The highest BCUT2D eigenvalue weighted by molar-refractivity contribution is 9.10. The number of hydrogen-bond acceptors (Lipinski definition) is 1. The molecule has 2 nitrogen and oxygen atoms in total. The molecule has 2 aromatic rings. The fourth-order valence-electron chi connectivity index (χ4n) is 1.66. The van der Waals surface area contributed by atoms with Crippen LogP contribution < -0.4 is 0 Å². The van der Waals surface area contributed by atoms with Gasteiger partial charge in [-0.25, -0.2) is 0 Å². The van der Waals surface area contributed by atoms with Crippen LogP contribution >= 0.6 is 15.9 Å². The van der Waals surface area contributed by atoms with Gasteiger partial charge in [-0.3, -0.25) is 0 Å². The average molecular weight is 268 g/mol. The Kier molecular flexibility index (Phi) is 3.12. The van der Waals surface area contributed by atoms with Gasteiger partial charge in [-0.05, 0) is 44.0 Å². The van der Waals surface area contributed by atoms with Crippen LogP contribution in [0.3, 0.4) is 0 Å². The normalized spacial score (nSPS) is 13.3. The number of nitrogens with one attached hydrogen (secondary N) is 1. The zero-order chi connectivity index (χ0) is 10.8. The topological polar surface area (TPSA) is 36.0 Å². The molecule has 15 heavy (non-hydrogen) atoms.